The third-order valence-electron chi connectivity index (χ3n) is 5.61. The van der Waals surface area contributed by atoms with Gasteiger partial charge in [-0.15, -0.1) is 0 Å². The molecule has 2 heterocycles. The van der Waals surface area contributed by atoms with Gasteiger partial charge in [-0.05, 0) is 35.4 Å². The number of pyridine rings is 1. The summed E-state index contributed by atoms with van der Waals surface area (Å²) in [6, 6.07) is 11.0. The fourth-order valence-electron chi connectivity index (χ4n) is 3.80. The summed E-state index contributed by atoms with van der Waals surface area (Å²) in [7, 11) is 3.40. The van der Waals surface area contributed by atoms with Crippen LogP contribution >= 0.6 is 0 Å². The summed E-state index contributed by atoms with van der Waals surface area (Å²) in [4.78, 5) is 6.82. The molecule has 0 unspecified atom stereocenters. The maximum Gasteiger partial charge on any atom is 0.163 e. The number of hydrogen-bond acceptors (Lipinski definition) is 6. The summed E-state index contributed by atoms with van der Waals surface area (Å²) in [6.07, 6.45) is 2.22. The standard InChI is InChI=1S/C24H28FN3O3/c1-26-19-4-3-18(21(25)14-19)13-17-5-6-27-22-16-24(23(29-2)15-20(17)22)31-12-9-28-7-10-30-11-8-28/h3-6,14-16,26H,7-13H2,1-2H3. The molecule has 6 nitrogen and oxygen atoms in total. The monoisotopic (exact) mass is 425 g/mol. The van der Waals surface area contributed by atoms with Crippen LogP contribution in [0, 0.1) is 5.82 Å². The molecule has 1 fully saturated rings. The molecular formula is C24H28FN3O3. The van der Waals surface area contributed by atoms with E-state index in [0.717, 1.165) is 55.0 Å². The summed E-state index contributed by atoms with van der Waals surface area (Å²) in [5, 5.41) is 3.89. The number of benzene rings is 2. The van der Waals surface area contributed by atoms with Crippen LogP contribution in [0.4, 0.5) is 10.1 Å². The molecular weight excluding hydrogens is 397 g/mol. The molecule has 0 spiro atoms. The molecule has 0 saturated carbocycles. The van der Waals surface area contributed by atoms with Crippen LogP contribution in [-0.4, -0.2) is 63.5 Å². The Kier molecular flexibility index (Phi) is 6.84. The summed E-state index contributed by atoms with van der Waals surface area (Å²) < 4.78 is 31.5. The molecule has 31 heavy (non-hydrogen) atoms. The molecule has 0 amide bonds. The minimum atomic E-state index is -0.230. The molecule has 4 rings (SSSR count). The SMILES string of the molecule is CNc1ccc(Cc2ccnc3cc(OCCN4CCOCC4)c(OC)cc23)c(F)c1. The van der Waals surface area contributed by atoms with E-state index in [2.05, 4.69) is 15.2 Å². The average molecular weight is 426 g/mol. The van der Waals surface area contributed by atoms with Gasteiger partial charge in [0.05, 0.1) is 25.8 Å². The van der Waals surface area contributed by atoms with Gasteiger partial charge in [-0.2, -0.15) is 0 Å². The molecule has 3 aromatic rings. The van der Waals surface area contributed by atoms with Crippen LogP contribution in [0.3, 0.4) is 0 Å². The maximum absolute atomic E-state index is 14.5. The first kappa shape index (κ1) is 21.3. The fraction of sp³-hybridized carbons (Fsp3) is 0.375. The highest BCUT2D eigenvalue weighted by Gasteiger charge is 2.14. The van der Waals surface area contributed by atoms with Crippen molar-refractivity contribution >= 4 is 16.6 Å². The van der Waals surface area contributed by atoms with Crippen LogP contribution in [-0.2, 0) is 11.2 Å². The molecule has 164 valence electrons. The van der Waals surface area contributed by atoms with Gasteiger partial charge in [-0.25, -0.2) is 4.39 Å². The van der Waals surface area contributed by atoms with Gasteiger partial charge < -0.3 is 19.5 Å². The van der Waals surface area contributed by atoms with E-state index >= 15 is 0 Å². The number of halogens is 1. The van der Waals surface area contributed by atoms with Crippen LogP contribution < -0.4 is 14.8 Å². The second-order valence-electron chi connectivity index (χ2n) is 7.53. The first-order valence-electron chi connectivity index (χ1n) is 10.5. The predicted molar refractivity (Wildman–Crippen MR) is 120 cm³/mol. The number of morpholine rings is 1. The van der Waals surface area contributed by atoms with Crippen molar-refractivity contribution < 1.29 is 18.6 Å². The topological polar surface area (TPSA) is 55.9 Å². The Morgan fingerprint density at radius 2 is 1.94 bits per heavy atom. The van der Waals surface area contributed by atoms with Crippen molar-refractivity contribution in [3.05, 3.63) is 59.5 Å². The van der Waals surface area contributed by atoms with Gasteiger partial charge >= 0.3 is 0 Å². The lowest BCUT2D eigenvalue weighted by molar-refractivity contribution is 0.0321. The fourth-order valence-corrected chi connectivity index (χ4v) is 3.80. The van der Waals surface area contributed by atoms with E-state index in [9.17, 15) is 4.39 Å². The van der Waals surface area contributed by atoms with E-state index < -0.39 is 0 Å². The van der Waals surface area contributed by atoms with Gasteiger partial charge in [0.25, 0.3) is 0 Å². The van der Waals surface area contributed by atoms with Crippen molar-refractivity contribution in [1.29, 1.82) is 0 Å². The number of fused-ring (bicyclic) bond motifs is 1. The molecule has 2 aromatic carbocycles. The molecule has 0 bridgehead atoms. The molecule has 0 atom stereocenters. The van der Waals surface area contributed by atoms with Gasteiger partial charge in [0.15, 0.2) is 11.5 Å². The van der Waals surface area contributed by atoms with Gasteiger partial charge in [-0.1, -0.05) is 6.07 Å². The average Bonchev–Trinajstić information content (AvgIpc) is 2.80. The first-order chi connectivity index (χ1) is 15.2. The Labute approximate surface area is 181 Å². The number of aromatic nitrogens is 1. The Hall–Kier alpha value is -2.90. The van der Waals surface area contributed by atoms with E-state index in [1.807, 2.05) is 30.3 Å². The van der Waals surface area contributed by atoms with Crippen molar-refractivity contribution in [2.75, 3.05) is 58.9 Å². The smallest absolute Gasteiger partial charge is 0.163 e. The zero-order valence-corrected chi connectivity index (χ0v) is 18.0. The lowest BCUT2D eigenvalue weighted by Gasteiger charge is -2.26. The van der Waals surface area contributed by atoms with Gasteiger partial charge in [0, 0.05) is 56.4 Å². The van der Waals surface area contributed by atoms with E-state index in [1.54, 1.807) is 20.4 Å². The highest BCUT2D eigenvalue weighted by atomic mass is 19.1. The Morgan fingerprint density at radius 3 is 2.68 bits per heavy atom. The highest BCUT2D eigenvalue weighted by Crippen LogP contribution is 2.34. The number of anilines is 1. The number of ether oxygens (including phenoxy) is 3. The third kappa shape index (κ3) is 5.06. The van der Waals surface area contributed by atoms with Crippen molar-refractivity contribution in [2.45, 2.75) is 6.42 Å². The lowest BCUT2D eigenvalue weighted by atomic mass is 10.00. The highest BCUT2D eigenvalue weighted by molar-refractivity contribution is 5.86. The van der Waals surface area contributed by atoms with Gasteiger partial charge in [0.1, 0.15) is 12.4 Å². The second-order valence-corrected chi connectivity index (χ2v) is 7.53. The van der Waals surface area contributed by atoms with Gasteiger partial charge in [-0.3, -0.25) is 9.88 Å². The third-order valence-corrected chi connectivity index (χ3v) is 5.61. The van der Waals surface area contributed by atoms with E-state index in [0.29, 0.717) is 30.1 Å². The Bertz CT molecular complexity index is 1040. The van der Waals surface area contributed by atoms with Crippen LogP contribution in [0.1, 0.15) is 11.1 Å². The zero-order valence-electron chi connectivity index (χ0n) is 18.0. The molecule has 0 aliphatic carbocycles. The van der Waals surface area contributed by atoms with Gasteiger partial charge in [0.2, 0.25) is 0 Å². The first-order valence-corrected chi connectivity index (χ1v) is 10.5. The van der Waals surface area contributed by atoms with E-state index in [1.165, 1.54) is 6.07 Å². The molecule has 1 aromatic heterocycles. The van der Waals surface area contributed by atoms with Crippen LogP contribution in [0.15, 0.2) is 42.6 Å². The van der Waals surface area contributed by atoms with E-state index in [-0.39, 0.29) is 5.82 Å². The molecule has 1 saturated heterocycles. The molecule has 1 aliphatic heterocycles. The predicted octanol–water partition coefficient (Wildman–Crippen LogP) is 3.73. The number of nitrogens with one attached hydrogen (secondary N) is 1. The number of nitrogens with zero attached hydrogens (tertiary/aromatic N) is 2. The van der Waals surface area contributed by atoms with Crippen molar-refractivity contribution in [2.24, 2.45) is 0 Å². The summed E-state index contributed by atoms with van der Waals surface area (Å²) in [5.74, 6) is 1.08. The van der Waals surface area contributed by atoms with Crippen LogP contribution in [0.2, 0.25) is 0 Å². The molecule has 7 heteroatoms. The normalized spacial score (nSPS) is 14.5. The van der Waals surface area contributed by atoms with Crippen LogP contribution in [0.5, 0.6) is 11.5 Å². The molecule has 1 N–H and O–H groups in total. The Morgan fingerprint density at radius 1 is 1.10 bits per heavy atom. The zero-order chi connectivity index (χ0) is 21.6. The number of rotatable bonds is 8. The second kappa shape index (κ2) is 9.94. The van der Waals surface area contributed by atoms with Crippen molar-refractivity contribution in [3.63, 3.8) is 0 Å². The van der Waals surface area contributed by atoms with Crippen LogP contribution in [0.25, 0.3) is 10.9 Å². The summed E-state index contributed by atoms with van der Waals surface area (Å²) >= 11 is 0. The van der Waals surface area contributed by atoms with Crippen molar-refractivity contribution in [1.82, 2.24) is 9.88 Å². The minimum absolute atomic E-state index is 0.230. The minimum Gasteiger partial charge on any atom is -0.493 e. The summed E-state index contributed by atoms with van der Waals surface area (Å²) in [6.45, 7) is 4.78. The van der Waals surface area contributed by atoms with Crippen molar-refractivity contribution in [3.8, 4) is 11.5 Å². The quantitative estimate of drug-likeness (QED) is 0.594. The largest absolute Gasteiger partial charge is 0.493 e. The molecule has 0 radical (unpaired) electrons. The number of hydrogen-bond donors (Lipinski definition) is 1. The Balaban J connectivity index is 1.55. The molecule has 1 aliphatic rings. The lowest BCUT2D eigenvalue weighted by Crippen LogP contribution is -2.38. The number of methoxy groups -OCH3 is 1. The van der Waals surface area contributed by atoms with E-state index in [4.69, 9.17) is 14.2 Å². The maximum atomic E-state index is 14.5. The summed E-state index contributed by atoms with van der Waals surface area (Å²) in [5.41, 5.74) is 3.17.